The van der Waals surface area contributed by atoms with Crippen molar-refractivity contribution >= 4 is 75.3 Å². The second-order valence-corrected chi connectivity index (χ2v) is 9.55. The SMILES string of the molecule is O=C(NC(=S)Nc1ccc(N2CCN(C(=O)c3ccc(Cl)cc3)CC2)cc1)c1ccc(Cl)cc1Cl. The van der Waals surface area contributed by atoms with Gasteiger partial charge in [-0.25, -0.2) is 0 Å². The molecule has 0 bridgehead atoms. The summed E-state index contributed by atoms with van der Waals surface area (Å²) in [7, 11) is 0. The molecular formula is C25H21Cl3N4O2S. The molecule has 0 radical (unpaired) electrons. The molecule has 4 rings (SSSR count). The molecule has 2 amide bonds. The molecule has 2 N–H and O–H groups in total. The van der Waals surface area contributed by atoms with Gasteiger partial charge in [-0.2, -0.15) is 0 Å². The van der Waals surface area contributed by atoms with Crippen molar-refractivity contribution in [2.24, 2.45) is 0 Å². The minimum atomic E-state index is -0.424. The van der Waals surface area contributed by atoms with Gasteiger partial charge in [0.05, 0.1) is 10.6 Å². The van der Waals surface area contributed by atoms with Gasteiger partial charge in [0.1, 0.15) is 0 Å². The molecule has 1 saturated heterocycles. The molecule has 1 aliphatic heterocycles. The van der Waals surface area contributed by atoms with E-state index in [1.54, 1.807) is 36.4 Å². The number of rotatable bonds is 4. The van der Waals surface area contributed by atoms with Gasteiger partial charge in [0.25, 0.3) is 11.8 Å². The van der Waals surface area contributed by atoms with Crippen molar-refractivity contribution in [3.05, 3.63) is 92.9 Å². The molecule has 0 atom stereocenters. The van der Waals surface area contributed by atoms with E-state index in [-0.39, 0.29) is 21.6 Å². The second kappa shape index (κ2) is 11.3. The van der Waals surface area contributed by atoms with Crippen molar-refractivity contribution in [2.45, 2.75) is 0 Å². The third kappa shape index (κ3) is 6.44. The molecule has 0 spiro atoms. The minimum absolute atomic E-state index is 0.0105. The average Bonchev–Trinajstić information content (AvgIpc) is 2.84. The molecule has 6 nitrogen and oxygen atoms in total. The fraction of sp³-hybridized carbons (Fsp3) is 0.160. The smallest absolute Gasteiger partial charge is 0.258 e. The number of nitrogens with zero attached hydrogens (tertiary/aromatic N) is 2. The molecule has 180 valence electrons. The second-order valence-electron chi connectivity index (χ2n) is 7.87. The van der Waals surface area contributed by atoms with Crippen LogP contribution in [-0.2, 0) is 0 Å². The van der Waals surface area contributed by atoms with E-state index in [9.17, 15) is 9.59 Å². The van der Waals surface area contributed by atoms with Crippen LogP contribution in [0.15, 0.2) is 66.7 Å². The number of anilines is 2. The fourth-order valence-electron chi connectivity index (χ4n) is 3.70. The third-order valence-electron chi connectivity index (χ3n) is 5.55. The predicted molar refractivity (Wildman–Crippen MR) is 146 cm³/mol. The van der Waals surface area contributed by atoms with Crippen LogP contribution in [0.1, 0.15) is 20.7 Å². The van der Waals surface area contributed by atoms with E-state index in [1.165, 1.54) is 6.07 Å². The molecule has 0 aromatic heterocycles. The van der Waals surface area contributed by atoms with Crippen LogP contribution >= 0.6 is 47.0 Å². The summed E-state index contributed by atoms with van der Waals surface area (Å²) in [4.78, 5) is 29.2. The summed E-state index contributed by atoms with van der Waals surface area (Å²) in [6.07, 6.45) is 0. The molecular weight excluding hydrogens is 527 g/mol. The van der Waals surface area contributed by atoms with Gasteiger partial charge in [-0.3, -0.25) is 14.9 Å². The lowest BCUT2D eigenvalue weighted by atomic mass is 10.1. The number of halogens is 3. The first kappa shape index (κ1) is 25.3. The number of hydrogen-bond donors (Lipinski definition) is 2. The molecule has 10 heteroatoms. The van der Waals surface area contributed by atoms with E-state index in [2.05, 4.69) is 15.5 Å². The lowest BCUT2D eigenvalue weighted by Crippen LogP contribution is -2.48. The summed E-state index contributed by atoms with van der Waals surface area (Å²) in [6, 6.07) is 19.3. The summed E-state index contributed by atoms with van der Waals surface area (Å²) in [6.45, 7) is 2.71. The fourth-order valence-corrected chi connectivity index (χ4v) is 4.54. The third-order valence-corrected chi connectivity index (χ3v) is 6.56. The van der Waals surface area contributed by atoms with Crippen LogP contribution in [0.4, 0.5) is 11.4 Å². The van der Waals surface area contributed by atoms with Gasteiger partial charge >= 0.3 is 0 Å². The lowest BCUT2D eigenvalue weighted by molar-refractivity contribution is 0.0746. The summed E-state index contributed by atoms with van der Waals surface area (Å²) >= 11 is 23.1. The zero-order valence-electron chi connectivity index (χ0n) is 18.4. The van der Waals surface area contributed by atoms with Crippen LogP contribution in [0.5, 0.6) is 0 Å². The molecule has 0 aliphatic carbocycles. The number of piperazine rings is 1. The quantitative estimate of drug-likeness (QED) is 0.408. The molecule has 0 saturated carbocycles. The van der Waals surface area contributed by atoms with Crippen molar-refractivity contribution in [3.8, 4) is 0 Å². The Hall–Kier alpha value is -2.84. The summed E-state index contributed by atoms with van der Waals surface area (Å²) < 4.78 is 0. The van der Waals surface area contributed by atoms with E-state index < -0.39 is 5.91 Å². The van der Waals surface area contributed by atoms with Crippen LogP contribution in [0.2, 0.25) is 15.1 Å². The van der Waals surface area contributed by atoms with Crippen molar-refractivity contribution in [3.63, 3.8) is 0 Å². The number of amides is 2. The Kier molecular flexibility index (Phi) is 8.13. The summed E-state index contributed by atoms with van der Waals surface area (Å²) in [5.74, 6) is -0.414. The Morgan fingerprint density at radius 2 is 1.43 bits per heavy atom. The van der Waals surface area contributed by atoms with Crippen LogP contribution in [0.3, 0.4) is 0 Å². The molecule has 1 heterocycles. The molecule has 1 aliphatic rings. The van der Waals surface area contributed by atoms with E-state index in [4.69, 9.17) is 47.0 Å². The average molecular weight is 548 g/mol. The molecule has 1 fully saturated rings. The topological polar surface area (TPSA) is 64.7 Å². The van der Waals surface area contributed by atoms with Gasteiger partial charge < -0.3 is 15.1 Å². The van der Waals surface area contributed by atoms with Crippen LogP contribution < -0.4 is 15.5 Å². The molecule has 3 aromatic carbocycles. The van der Waals surface area contributed by atoms with E-state index in [1.807, 2.05) is 29.2 Å². The highest BCUT2D eigenvalue weighted by atomic mass is 35.5. The maximum Gasteiger partial charge on any atom is 0.258 e. The van der Waals surface area contributed by atoms with E-state index >= 15 is 0 Å². The Morgan fingerprint density at radius 1 is 0.800 bits per heavy atom. The minimum Gasteiger partial charge on any atom is -0.368 e. The van der Waals surface area contributed by atoms with Crippen LogP contribution in [0.25, 0.3) is 0 Å². The van der Waals surface area contributed by atoms with Gasteiger partial charge in [0.2, 0.25) is 0 Å². The lowest BCUT2D eigenvalue weighted by Gasteiger charge is -2.36. The predicted octanol–water partition coefficient (Wildman–Crippen LogP) is 5.74. The molecule has 0 unspecified atom stereocenters. The van der Waals surface area contributed by atoms with Crippen molar-refractivity contribution in [2.75, 3.05) is 36.4 Å². The van der Waals surface area contributed by atoms with E-state index in [0.717, 1.165) is 24.5 Å². The van der Waals surface area contributed by atoms with Gasteiger partial charge in [-0.05, 0) is 78.9 Å². The van der Waals surface area contributed by atoms with Gasteiger partial charge in [0, 0.05) is 53.2 Å². The monoisotopic (exact) mass is 546 g/mol. The molecule has 3 aromatic rings. The number of benzene rings is 3. The highest BCUT2D eigenvalue weighted by Gasteiger charge is 2.22. The normalized spacial score (nSPS) is 13.3. The van der Waals surface area contributed by atoms with Crippen LogP contribution in [0, 0.1) is 0 Å². The van der Waals surface area contributed by atoms with Crippen molar-refractivity contribution in [1.82, 2.24) is 10.2 Å². The first-order valence-electron chi connectivity index (χ1n) is 10.8. The first-order chi connectivity index (χ1) is 16.8. The van der Waals surface area contributed by atoms with Gasteiger partial charge in [0.15, 0.2) is 5.11 Å². The Labute approximate surface area is 223 Å². The van der Waals surface area contributed by atoms with Crippen molar-refractivity contribution in [1.29, 1.82) is 0 Å². The van der Waals surface area contributed by atoms with Gasteiger partial charge in [-0.1, -0.05) is 34.8 Å². The van der Waals surface area contributed by atoms with E-state index in [0.29, 0.717) is 28.7 Å². The largest absolute Gasteiger partial charge is 0.368 e. The summed E-state index contributed by atoms with van der Waals surface area (Å²) in [5.41, 5.74) is 2.69. The standard InChI is InChI=1S/C25H21Cl3N4O2S/c26-17-3-1-16(2-4-17)24(34)32-13-11-31(12-14-32)20-8-6-19(7-9-20)29-25(35)30-23(33)21-10-5-18(27)15-22(21)28/h1-10,15H,11-14H2,(H2,29,30,33,35). The van der Waals surface area contributed by atoms with Crippen LogP contribution in [-0.4, -0.2) is 48.0 Å². The number of hydrogen-bond acceptors (Lipinski definition) is 4. The Morgan fingerprint density at radius 3 is 2.06 bits per heavy atom. The number of carbonyl (C=O) groups is 2. The number of thiocarbonyl (C=S) groups is 1. The van der Waals surface area contributed by atoms with Gasteiger partial charge in [-0.15, -0.1) is 0 Å². The Bertz CT molecular complexity index is 1240. The van der Waals surface area contributed by atoms with Crippen molar-refractivity contribution < 1.29 is 9.59 Å². The zero-order valence-corrected chi connectivity index (χ0v) is 21.5. The Balaban J connectivity index is 1.29. The number of nitrogens with one attached hydrogen (secondary N) is 2. The maximum absolute atomic E-state index is 12.7. The zero-order chi connectivity index (χ0) is 24.9. The summed E-state index contributed by atoms with van der Waals surface area (Å²) in [5, 5.41) is 7.07. The molecule has 35 heavy (non-hydrogen) atoms. The maximum atomic E-state index is 12.7. The highest BCUT2D eigenvalue weighted by molar-refractivity contribution is 7.80. The number of carbonyl (C=O) groups excluding carboxylic acids is 2. The first-order valence-corrected chi connectivity index (χ1v) is 12.3. The highest BCUT2D eigenvalue weighted by Crippen LogP contribution is 2.22.